The van der Waals surface area contributed by atoms with Crippen molar-refractivity contribution >= 4 is 34.3 Å². The van der Waals surface area contributed by atoms with Crippen molar-refractivity contribution in [3.8, 4) is 0 Å². The third-order valence-corrected chi connectivity index (χ3v) is 4.97. The van der Waals surface area contributed by atoms with E-state index in [-0.39, 0.29) is 18.6 Å². The van der Waals surface area contributed by atoms with Gasteiger partial charge in [-0.2, -0.15) is 0 Å². The Morgan fingerprint density at radius 2 is 1.96 bits per heavy atom. The predicted molar refractivity (Wildman–Crippen MR) is 110 cm³/mol. The van der Waals surface area contributed by atoms with Gasteiger partial charge in [-0.25, -0.2) is 15.0 Å². The third kappa shape index (κ3) is 4.39. The zero-order chi connectivity index (χ0) is 19.6. The van der Waals surface area contributed by atoms with Crippen molar-refractivity contribution in [1.29, 1.82) is 0 Å². The van der Waals surface area contributed by atoms with Gasteiger partial charge in [0.05, 0.1) is 6.33 Å². The van der Waals surface area contributed by atoms with Gasteiger partial charge in [0.15, 0.2) is 17.0 Å². The maximum Gasteiger partial charge on any atom is 0.166 e. The van der Waals surface area contributed by atoms with E-state index in [9.17, 15) is 5.11 Å². The highest BCUT2D eigenvalue weighted by Gasteiger charge is 2.19. The maximum absolute atomic E-state index is 9.71. The van der Waals surface area contributed by atoms with E-state index in [0.717, 1.165) is 16.9 Å². The number of aliphatic hydroxyl groups excluding tert-OH is 1. The fraction of sp³-hybridized carbons (Fsp3) is 0.450. The van der Waals surface area contributed by atoms with Crippen molar-refractivity contribution in [2.75, 3.05) is 11.9 Å². The van der Waals surface area contributed by atoms with E-state index in [1.165, 1.54) is 0 Å². The average Bonchev–Trinajstić information content (AvgIpc) is 3.04. The van der Waals surface area contributed by atoms with Crippen LogP contribution in [0.5, 0.6) is 0 Å². The molecule has 2 heterocycles. The Balaban J connectivity index is 2.07. The lowest BCUT2D eigenvalue weighted by atomic mass is 9.93. The topological polar surface area (TPSA) is 75.9 Å². The highest BCUT2D eigenvalue weighted by atomic mass is 35.5. The Hall–Kier alpha value is -2.18. The van der Waals surface area contributed by atoms with Gasteiger partial charge in [-0.15, -0.1) is 0 Å². The molecule has 0 aliphatic rings. The Morgan fingerprint density at radius 3 is 2.59 bits per heavy atom. The first kappa shape index (κ1) is 19.6. The molecule has 0 aliphatic carbocycles. The molecule has 6 nitrogen and oxygen atoms in total. The summed E-state index contributed by atoms with van der Waals surface area (Å²) < 4.78 is 2.03. The molecule has 0 saturated carbocycles. The fourth-order valence-corrected chi connectivity index (χ4v) is 3.16. The maximum atomic E-state index is 9.71. The molecule has 3 aromatic rings. The van der Waals surface area contributed by atoms with E-state index < -0.39 is 0 Å². The summed E-state index contributed by atoms with van der Waals surface area (Å²) in [7, 11) is 0. The molecule has 1 aromatic carbocycles. The molecule has 0 spiro atoms. The van der Waals surface area contributed by atoms with Crippen molar-refractivity contribution in [1.82, 2.24) is 19.5 Å². The van der Waals surface area contributed by atoms with E-state index in [4.69, 9.17) is 21.6 Å². The molecule has 0 radical (unpaired) electrons. The van der Waals surface area contributed by atoms with Gasteiger partial charge in [0.2, 0.25) is 0 Å². The Bertz CT molecular complexity index is 922. The van der Waals surface area contributed by atoms with Crippen LogP contribution in [0.25, 0.3) is 11.2 Å². The molecule has 0 unspecified atom stereocenters. The number of halogens is 1. The molecular weight excluding hydrogens is 362 g/mol. The Kier molecular flexibility index (Phi) is 5.97. The normalized spacial score (nSPS) is 12.9. The van der Waals surface area contributed by atoms with Crippen LogP contribution in [0.15, 0.2) is 30.6 Å². The van der Waals surface area contributed by atoms with Crippen molar-refractivity contribution < 1.29 is 5.11 Å². The van der Waals surface area contributed by atoms with Crippen molar-refractivity contribution in [2.45, 2.75) is 40.2 Å². The molecule has 1 atom stereocenters. The zero-order valence-corrected chi connectivity index (χ0v) is 16.9. The highest BCUT2D eigenvalue weighted by Crippen LogP contribution is 2.27. The summed E-state index contributed by atoms with van der Waals surface area (Å²) in [6.45, 7) is 8.50. The number of aliphatic hydroxyl groups is 1. The summed E-state index contributed by atoms with van der Waals surface area (Å²) in [5, 5.41) is 13.7. The van der Waals surface area contributed by atoms with Crippen LogP contribution in [0.2, 0.25) is 5.02 Å². The van der Waals surface area contributed by atoms with Crippen molar-refractivity contribution in [3.63, 3.8) is 0 Å². The lowest BCUT2D eigenvalue weighted by Crippen LogP contribution is -2.18. The van der Waals surface area contributed by atoms with Crippen molar-refractivity contribution in [2.24, 2.45) is 11.8 Å². The molecule has 7 heteroatoms. The zero-order valence-electron chi connectivity index (χ0n) is 16.1. The first-order valence-corrected chi connectivity index (χ1v) is 9.63. The van der Waals surface area contributed by atoms with E-state index >= 15 is 0 Å². The highest BCUT2D eigenvalue weighted by molar-refractivity contribution is 6.30. The first-order chi connectivity index (χ1) is 12.9. The van der Waals surface area contributed by atoms with Gasteiger partial charge >= 0.3 is 0 Å². The second-order valence-corrected chi connectivity index (χ2v) is 7.87. The number of rotatable bonds is 7. The second-order valence-electron chi connectivity index (χ2n) is 7.43. The monoisotopic (exact) mass is 387 g/mol. The van der Waals surface area contributed by atoms with Crippen LogP contribution in [0, 0.1) is 11.8 Å². The van der Waals surface area contributed by atoms with Gasteiger partial charge in [0.25, 0.3) is 0 Å². The largest absolute Gasteiger partial charge is 0.396 e. The third-order valence-electron chi connectivity index (χ3n) is 4.73. The Morgan fingerprint density at radius 1 is 1.19 bits per heavy atom. The molecule has 2 N–H and O–H groups in total. The van der Waals surface area contributed by atoms with Crippen LogP contribution in [0.1, 0.15) is 39.6 Å². The molecule has 0 aliphatic heterocycles. The first-order valence-electron chi connectivity index (χ1n) is 9.26. The number of anilines is 2. The van der Waals surface area contributed by atoms with Crippen LogP contribution in [0.3, 0.4) is 0 Å². The quantitative estimate of drug-likeness (QED) is 0.619. The average molecular weight is 388 g/mol. The lowest BCUT2D eigenvalue weighted by molar-refractivity contribution is 0.187. The summed E-state index contributed by atoms with van der Waals surface area (Å²) in [5.41, 5.74) is 2.35. The van der Waals surface area contributed by atoms with Gasteiger partial charge in [-0.3, -0.25) is 0 Å². The summed E-state index contributed by atoms with van der Waals surface area (Å²) in [6, 6.07) is 7.73. The summed E-state index contributed by atoms with van der Waals surface area (Å²) >= 11 is 6.11. The van der Waals surface area contributed by atoms with E-state index in [1.54, 1.807) is 6.33 Å². The van der Waals surface area contributed by atoms with Gasteiger partial charge in [-0.05, 0) is 43.9 Å². The number of hydrogen-bond acceptors (Lipinski definition) is 5. The molecule has 0 amide bonds. The number of nitrogens with zero attached hydrogens (tertiary/aromatic N) is 4. The van der Waals surface area contributed by atoms with Crippen LogP contribution in [-0.4, -0.2) is 31.2 Å². The standard InChI is InChI=1S/C20H26ClN5O/c1-12(2)14(10-27)8-17-24-19(23-16-7-5-6-15(21)9-16)18-20(25-17)26(11-22-18)13(3)4/h5-7,9,11-14,27H,8,10H2,1-4H3,(H,23,24,25)/t14-/m0/s1. The summed E-state index contributed by atoms with van der Waals surface area (Å²) in [4.78, 5) is 14.0. The van der Waals surface area contributed by atoms with Crippen LogP contribution in [-0.2, 0) is 6.42 Å². The number of aromatic nitrogens is 4. The summed E-state index contributed by atoms with van der Waals surface area (Å²) in [6.07, 6.45) is 2.40. The van der Waals surface area contributed by atoms with Crippen molar-refractivity contribution in [3.05, 3.63) is 41.4 Å². The summed E-state index contributed by atoms with van der Waals surface area (Å²) in [5.74, 6) is 1.80. The minimum atomic E-state index is 0.108. The minimum Gasteiger partial charge on any atom is -0.396 e. The Labute approximate surface area is 164 Å². The molecule has 2 aromatic heterocycles. The second kappa shape index (κ2) is 8.23. The molecular formula is C20H26ClN5O. The molecule has 0 saturated heterocycles. The smallest absolute Gasteiger partial charge is 0.166 e. The van der Waals surface area contributed by atoms with Crippen LogP contribution in [0.4, 0.5) is 11.5 Å². The number of nitrogens with one attached hydrogen (secondary N) is 1. The molecule has 0 fully saturated rings. The van der Waals surface area contributed by atoms with Gasteiger partial charge in [-0.1, -0.05) is 31.5 Å². The lowest BCUT2D eigenvalue weighted by Gasteiger charge is -2.18. The number of fused-ring (bicyclic) bond motifs is 1. The fourth-order valence-electron chi connectivity index (χ4n) is 2.97. The predicted octanol–water partition coefficient (Wildman–Crippen LogP) is 4.61. The van der Waals surface area contributed by atoms with Gasteiger partial charge in [0, 0.05) is 29.8 Å². The number of hydrogen-bond donors (Lipinski definition) is 2. The van der Waals surface area contributed by atoms with Crippen LogP contribution < -0.4 is 5.32 Å². The number of imidazole rings is 1. The SMILES string of the molecule is CC(C)[C@H](CO)Cc1nc(Nc2cccc(Cl)c2)c2ncn(C(C)C)c2n1. The molecule has 3 rings (SSSR count). The minimum absolute atomic E-state index is 0.108. The van der Waals surface area contributed by atoms with Gasteiger partial charge < -0.3 is 15.0 Å². The van der Waals surface area contributed by atoms with E-state index in [2.05, 4.69) is 38.0 Å². The molecule has 144 valence electrons. The van der Waals surface area contributed by atoms with E-state index in [1.807, 2.05) is 28.8 Å². The van der Waals surface area contributed by atoms with Crippen LogP contribution >= 0.6 is 11.6 Å². The number of benzene rings is 1. The van der Waals surface area contributed by atoms with Gasteiger partial charge in [0.1, 0.15) is 5.82 Å². The van der Waals surface area contributed by atoms with E-state index in [0.29, 0.717) is 29.0 Å². The molecule has 0 bridgehead atoms. The molecule has 27 heavy (non-hydrogen) atoms.